The number of carbonyl (C=O) groups excluding carboxylic acids is 2. The lowest BCUT2D eigenvalue weighted by Crippen LogP contribution is -2.37. The maximum Gasteiger partial charge on any atom is 0.229 e. The van der Waals surface area contributed by atoms with Crippen LogP contribution in [-0.2, 0) is 14.3 Å². The summed E-state index contributed by atoms with van der Waals surface area (Å²) in [5.41, 5.74) is 2.69. The number of carbonyl (C=O) groups is 2. The maximum absolute atomic E-state index is 12.9. The van der Waals surface area contributed by atoms with Crippen LogP contribution in [0.2, 0.25) is 0 Å². The van der Waals surface area contributed by atoms with E-state index in [1.54, 1.807) is 24.3 Å². The number of anilines is 3. The van der Waals surface area contributed by atoms with Crippen LogP contribution in [0.15, 0.2) is 48.5 Å². The zero-order chi connectivity index (χ0) is 20.2. The number of hydrogen-bond donors (Lipinski definition) is 1. The molecule has 0 radical (unpaired) electrons. The number of nitrogens with one attached hydrogen (secondary N) is 1. The van der Waals surface area contributed by atoms with Gasteiger partial charge in [0.1, 0.15) is 6.07 Å². The first-order chi connectivity index (χ1) is 14.2. The summed E-state index contributed by atoms with van der Waals surface area (Å²) in [6, 6.07) is 16.8. The van der Waals surface area contributed by atoms with Gasteiger partial charge in [0.2, 0.25) is 11.8 Å². The van der Waals surface area contributed by atoms with Gasteiger partial charge < -0.3 is 19.9 Å². The van der Waals surface area contributed by atoms with Crippen LogP contribution in [0.5, 0.6) is 0 Å². The second-order valence-electron chi connectivity index (χ2n) is 7.14. The molecule has 4 rings (SSSR count). The summed E-state index contributed by atoms with van der Waals surface area (Å²) in [6.07, 6.45) is 0.130. The van der Waals surface area contributed by atoms with Crippen molar-refractivity contribution < 1.29 is 14.3 Å². The minimum absolute atomic E-state index is 0.130. The largest absolute Gasteiger partial charge is 0.378 e. The smallest absolute Gasteiger partial charge is 0.229 e. The number of ether oxygens (including phenoxy) is 1. The van der Waals surface area contributed by atoms with E-state index in [9.17, 15) is 14.9 Å². The molecule has 29 heavy (non-hydrogen) atoms. The lowest BCUT2D eigenvalue weighted by Gasteiger charge is -2.30. The van der Waals surface area contributed by atoms with Crippen molar-refractivity contribution >= 4 is 28.9 Å². The normalized spacial score (nSPS) is 19.1. The Hall–Kier alpha value is -3.37. The highest BCUT2D eigenvalue weighted by molar-refractivity contribution is 6.05. The molecule has 7 nitrogen and oxygen atoms in total. The van der Waals surface area contributed by atoms with E-state index in [1.165, 1.54) is 4.90 Å². The molecular weight excluding hydrogens is 368 g/mol. The van der Waals surface area contributed by atoms with Gasteiger partial charge in [-0.1, -0.05) is 24.3 Å². The van der Waals surface area contributed by atoms with Crippen LogP contribution in [-0.4, -0.2) is 44.7 Å². The Morgan fingerprint density at radius 3 is 2.52 bits per heavy atom. The molecule has 7 heteroatoms. The Bertz CT molecular complexity index is 963. The third-order valence-electron chi connectivity index (χ3n) is 5.32. The summed E-state index contributed by atoms with van der Waals surface area (Å²) in [7, 11) is 0. The molecule has 0 saturated carbocycles. The first kappa shape index (κ1) is 19.0. The van der Waals surface area contributed by atoms with Gasteiger partial charge >= 0.3 is 0 Å². The number of nitriles is 1. The highest BCUT2D eigenvalue weighted by Gasteiger charge is 2.36. The van der Waals surface area contributed by atoms with Crippen LogP contribution in [0.3, 0.4) is 0 Å². The van der Waals surface area contributed by atoms with Crippen molar-refractivity contribution in [2.75, 3.05) is 48.0 Å². The summed E-state index contributed by atoms with van der Waals surface area (Å²) < 4.78 is 5.41. The van der Waals surface area contributed by atoms with Gasteiger partial charge in [0.25, 0.3) is 0 Å². The topological polar surface area (TPSA) is 85.7 Å². The van der Waals surface area contributed by atoms with E-state index in [0.29, 0.717) is 24.5 Å². The van der Waals surface area contributed by atoms with Crippen molar-refractivity contribution in [3.63, 3.8) is 0 Å². The number of morpholine rings is 1. The molecule has 2 aromatic rings. The average Bonchev–Trinajstić information content (AvgIpc) is 3.16. The molecule has 2 fully saturated rings. The molecule has 148 valence electrons. The third kappa shape index (κ3) is 3.93. The number of benzene rings is 2. The van der Waals surface area contributed by atoms with Gasteiger partial charge in [0.15, 0.2) is 0 Å². The highest BCUT2D eigenvalue weighted by atomic mass is 16.5. The van der Waals surface area contributed by atoms with Crippen molar-refractivity contribution in [2.45, 2.75) is 6.42 Å². The second kappa shape index (κ2) is 8.33. The van der Waals surface area contributed by atoms with E-state index in [0.717, 1.165) is 24.5 Å². The Morgan fingerprint density at radius 1 is 1.07 bits per heavy atom. The molecule has 2 aliphatic rings. The standard InChI is InChI=1S/C22H22N4O3/c23-14-16-5-1-3-7-19(16)26-15-17(13-21(26)27)22(28)24-18-6-2-4-8-20(18)25-9-11-29-12-10-25/h1-8,17H,9-13,15H2,(H,24,28). The fraction of sp³-hybridized carbons (Fsp3) is 0.318. The summed E-state index contributed by atoms with van der Waals surface area (Å²) in [4.78, 5) is 29.2. The van der Waals surface area contributed by atoms with E-state index >= 15 is 0 Å². The first-order valence-corrected chi connectivity index (χ1v) is 9.69. The van der Waals surface area contributed by atoms with Gasteiger partial charge in [-0.3, -0.25) is 9.59 Å². The van der Waals surface area contributed by atoms with Gasteiger partial charge in [0.05, 0.1) is 41.8 Å². The molecule has 0 aromatic heterocycles. The highest BCUT2D eigenvalue weighted by Crippen LogP contribution is 2.30. The summed E-state index contributed by atoms with van der Waals surface area (Å²) in [5.74, 6) is -0.794. The molecular formula is C22H22N4O3. The van der Waals surface area contributed by atoms with Crippen LogP contribution in [0.1, 0.15) is 12.0 Å². The fourth-order valence-corrected chi connectivity index (χ4v) is 3.81. The molecule has 2 heterocycles. The molecule has 1 atom stereocenters. The summed E-state index contributed by atoms with van der Waals surface area (Å²) in [5, 5.41) is 12.3. The van der Waals surface area contributed by atoms with E-state index in [1.807, 2.05) is 24.3 Å². The van der Waals surface area contributed by atoms with Crippen molar-refractivity contribution in [1.82, 2.24) is 0 Å². The van der Waals surface area contributed by atoms with Crippen LogP contribution >= 0.6 is 0 Å². The average molecular weight is 390 g/mol. The number of hydrogen-bond acceptors (Lipinski definition) is 5. The molecule has 2 aliphatic heterocycles. The van der Waals surface area contributed by atoms with E-state index in [2.05, 4.69) is 16.3 Å². The first-order valence-electron chi connectivity index (χ1n) is 9.69. The SMILES string of the molecule is N#Cc1ccccc1N1CC(C(=O)Nc2ccccc2N2CCOCC2)CC1=O. The van der Waals surface area contributed by atoms with Gasteiger partial charge in [-0.2, -0.15) is 5.26 Å². The van der Waals surface area contributed by atoms with Gasteiger partial charge in [-0.15, -0.1) is 0 Å². The van der Waals surface area contributed by atoms with Crippen LogP contribution in [0.25, 0.3) is 0 Å². The van der Waals surface area contributed by atoms with E-state index in [4.69, 9.17) is 4.74 Å². The maximum atomic E-state index is 12.9. The van der Waals surface area contributed by atoms with Crippen molar-refractivity contribution in [3.05, 3.63) is 54.1 Å². The zero-order valence-corrected chi connectivity index (χ0v) is 16.0. The third-order valence-corrected chi connectivity index (χ3v) is 5.32. The van der Waals surface area contributed by atoms with Crippen molar-refractivity contribution in [3.8, 4) is 6.07 Å². The monoisotopic (exact) mass is 390 g/mol. The minimum Gasteiger partial charge on any atom is -0.378 e. The van der Waals surface area contributed by atoms with Gasteiger partial charge in [-0.05, 0) is 24.3 Å². The molecule has 1 unspecified atom stereocenters. The fourth-order valence-electron chi connectivity index (χ4n) is 3.81. The van der Waals surface area contributed by atoms with Gasteiger partial charge in [0, 0.05) is 26.1 Å². The predicted molar refractivity (Wildman–Crippen MR) is 110 cm³/mol. The minimum atomic E-state index is -0.466. The Kier molecular flexibility index (Phi) is 5.45. The Balaban J connectivity index is 1.49. The molecule has 0 bridgehead atoms. The molecule has 1 N–H and O–H groups in total. The van der Waals surface area contributed by atoms with Crippen molar-refractivity contribution in [1.29, 1.82) is 5.26 Å². The number of para-hydroxylation sites is 3. The lowest BCUT2D eigenvalue weighted by atomic mass is 10.1. The number of rotatable bonds is 4. The zero-order valence-electron chi connectivity index (χ0n) is 16.0. The van der Waals surface area contributed by atoms with Crippen molar-refractivity contribution in [2.24, 2.45) is 5.92 Å². The second-order valence-corrected chi connectivity index (χ2v) is 7.14. The molecule has 2 aromatic carbocycles. The quantitative estimate of drug-likeness (QED) is 0.866. The van der Waals surface area contributed by atoms with E-state index < -0.39 is 5.92 Å². The summed E-state index contributed by atoms with van der Waals surface area (Å²) in [6.45, 7) is 3.13. The molecule has 0 aliphatic carbocycles. The van der Waals surface area contributed by atoms with Crippen LogP contribution in [0, 0.1) is 17.2 Å². The van der Waals surface area contributed by atoms with Crippen LogP contribution in [0.4, 0.5) is 17.1 Å². The lowest BCUT2D eigenvalue weighted by molar-refractivity contribution is -0.122. The number of nitrogens with zero attached hydrogens (tertiary/aromatic N) is 3. The predicted octanol–water partition coefficient (Wildman–Crippen LogP) is 2.39. The Morgan fingerprint density at radius 2 is 1.76 bits per heavy atom. The van der Waals surface area contributed by atoms with E-state index in [-0.39, 0.29) is 24.8 Å². The van der Waals surface area contributed by atoms with Crippen LogP contribution < -0.4 is 15.1 Å². The van der Waals surface area contributed by atoms with Gasteiger partial charge in [-0.25, -0.2) is 0 Å². The Labute approximate surface area is 169 Å². The summed E-state index contributed by atoms with van der Waals surface area (Å²) >= 11 is 0. The number of amides is 2. The molecule has 2 amide bonds. The molecule has 2 saturated heterocycles. The molecule has 0 spiro atoms.